The van der Waals surface area contributed by atoms with Gasteiger partial charge in [-0.3, -0.25) is 0 Å². The third kappa shape index (κ3) is 3.01. The Morgan fingerprint density at radius 3 is 2.52 bits per heavy atom. The van der Waals surface area contributed by atoms with Crippen LogP contribution in [-0.4, -0.2) is 5.54 Å². The highest BCUT2D eigenvalue weighted by Crippen LogP contribution is 2.51. The van der Waals surface area contributed by atoms with Gasteiger partial charge in [0.2, 0.25) is 0 Å². The Morgan fingerprint density at radius 2 is 1.76 bits per heavy atom. The zero-order valence-electron chi connectivity index (χ0n) is 16.5. The number of ether oxygens (including phenoxy) is 1. The zero-order valence-corrected chi connectivity index (χ0v) is 17.3. The second-order valence-corrected chi connectivity index (χ2v) is 8.75. The van der Waals surface area contributed by atoms with Crippen LogP contribution in [0.15, 0.2) is 60.7 Å². The molecule has 0 saturated heterocycles. The van der Waals surface area contributed by atoms with E-state index < -0.39 is 0 Å². The predicted molar refractivity (Wildman–Crippen MR) is 117 cm³/mol. The molecule has 2 aliphatic heterocycles. The van der Waals surface area contributed by atoms with Gasteiger partial charge < -0.3 is 10.1 Å². The molecular weight excluding hydrogens is 385 g/mol. The molecule has 0 aromatic heterocycles. The second-order valence-electron chi connectivity index (χ2n) is 8.31. The molecular formula is C25H21ClFNO. The van der Waals surface area contributed by atoms with E-state index in [1.165, 1.54) is 17.7 Å². The van der Waals surface area contributed by atoms with Gasteiger partial charge in [-0.25, -0.2) is 4.39 Å². The van der Waals surface area contributed by atoms with Gasteiger partial charge in [0.25, 0.3) is 0 Å². The van der Waals surface area contributed by atoms with Gasteiger partial charge in [-0.1, -0.05) is 35.9 Å². The first kappa shape index (κ1) is 18.3. The Hall–Kier alpha value is -2.78. The van der Waals surface area contributed by atoms with Crippen LogP contribution in [0.4, 0.5) is 10.1 Å². The highest BCUT2D eigenvalue weighted by atomic mass is 35.5. The smallest absolute Gasteiger partial charge is 0.150 e. The van der Waals surface area contributed by atoms with E-state index in [0.717, 1.165) is 39.3 Å². The van der Waals surface area contributed by atoms with E-state index in [1.807, 2.05) is 18.2 Å². The number of hydrogen-bond acceptors (Lipinski definition) is 2. The lowest BCUT2D eigenvalue weighted by Gasteiger charge is -2.37. The van der Waals surface area contributed by atoms with Crippen molar-refractivity contribution in [3.8, 4) is 16.9 Å². The molecule has 0 aliphatic carbocycles. The molecule has 0 fully saturated rings. The minimum absolute atomic E-state index is 0.132. The van der Waals surface area contributed by atoms with Crippen LogP contribution in [0.3, 0.4) is 0 Å². The summed E-state index contributed by atoms with van der Waals surface area (Å²) in [6.07, 6.45) is 1.91. The number of rotatable bonds is 1. The first-order valence-electron chi connectivity index (χ1n) is 9.69. The molecule has 2 heterocycles. The second kappa shape index (κ2) is 6.36. The maximum atomic E-state index is 13.6. The van der Waals surface area contributed by atoms with Crippen molar-refractivity contribution in [2.75, 3.05) is 5.32 Å². The Morgan fingerprint density at radius 1 is 1.00 bits per heavy atom. The molecule has 5 rings (SSSR count). The number of hydrogen-bond donors (Lipinski definition) is 1. The number of benzene rings is 3. The molecule has 0 spiro atoms. The normalized spacial score (nSPS) is 18.5. The van der Waals surface area contributed by atoms with Crippen molar-refractivity contribution in [2.45, 2.75) is 32.4 Å². The van der Waals surface area contributed by atoms with E-state index in [2.05, 4.69) is 44.3 Å². The fraction of sp³-hybridized carbons (Fsp3) is 0.200. The molecule has 0 bridgehead atoms. The van der Waals surface area contributed by atoms with E-state index in [0.29, 0.717) is 5.02 Å². The Bertz CT molecular complexity index is 1160. The monoisotopic (exact) mass is 405 g/mol. The van der Waals surface area contributed by atoms with Gasteiger partial charge in [0.05, 0.1) is 5.54 Å². The van der Waals surface area contributed by atoms with Gasteiger partial charge in [0.15, 0.2) is 6.10 Å². The van der Waals surface area contributed by atoms with E-state index >= 15 is 0 Å². The molecule has 3 aromatic carbocycles. The summed E-state index contributed by atoms with van der Waals surface area (Å²) in [5.74, 6) is 0.522. The van der Waals surface area contributed by atoms with Gasteiger partial charge >= 0.3 is 0 Å². The SMILES string of the molecule is CC1=CC(C)(C)Nc2ccc3c(c21)[C@@H](c1ccc(F)cc1)Oc1ccc(Cl)cc1-3. The predicted octanol–water partition coefficient (Wildman–Crippen LogP) is 7.24. The van der Waals surface area contributed by atoms with Gasteiger partial charge in [-0.05, 0) is 73.9 Å². The molecule has 1 atom stereocenters. The lowest BCUT2D eigenvalue weighted by Crippen LogP contribution is -2.32. The Balaban J connectivity index is 1.81. The average molecular weight is 406 g/mol. The minimum Gasteiger partial charge on any atom is -0.480 e. The first-order chi connectivity index (χ1) is 13.8. The third-order valence-corrected chi connectivity index (χ3v) is 5.82. The number of allylic oxidation sites excluding steroid dienone is 1. The van der Waals surface area contributed by atoms with Crippen LogP contribution in [0.2, 0.25) is 5.02 Å². The molecule has 4 heteroatoms. The molecule has 2 aliphatic rings. The summed E-state index contributed by atoms with van der Waals surface area (Å²) < 4.78 is 20.0. The molecule has 1 N–H and O–H groups in total. The molecule has 0 amide bonds. The fourth-order valence-corrected chi connectivity index (χ4v) is 4.70. The van der Waals surface area contributed by atoms with Gasteiger partial charge in [0.1, 0.15) is 11.6 Å². The zero-order chi connectivity index (χ0) is 20.3. The summed E-state index contributed by atoms with van der Waals surface area (Å²) in [6.45, 7) is 6.45. The number of fused-ring (bicyclic) bond motifs is 5. The van der Waals surface area contributed by atoms with Gasteiger partial charge in [-0.15, -0.1) is 0 Å². The highest BCUT2D eigenvalue weighted by Gasteiger charge is 2.34. The van der Waals surface area contributed by atoms with Crippen LogP contribution in [0, 0.1) is 5.82 Å². The van der Waals surface area contributed by atoms with Crippen LogP contribution in [0.1, 0.15) is 43.6 Å². The minimum atomic E-state index is -0.333. The molecule has 0 saturated carbocycles. The van der Waals surface area contributed by atoms with Crippen molar-refractivity contribution in [3.63, 3.8) is 0 Å². The summed E-state index contributed by atoms with van der Waals surface area (Å²) in [4.78, 5) is 0. The van der Waals surface area contributed by atoms with Crippen molar-refractivity contribution in [2.24, 2.45) is 0 Å². The van der Waals surface area contributed by atoms with Crippen molar-refractivity contribution in [1.82, 2.24) is 0 Å². The maximum absolute atomic E-state index is 13.6. The van der Waals surface area contributed by atoms with E-state index in [4.69, 9.17) is 16.3 Å². The molecule has 2 nitrogen and oxygen atoms in total. The van der Waals surface area contributed by atoms with Crippen molar-refractivity contribution >= 4 is 22.9 Å². The van der Waals surface area contributed by atoms with Crippen molar-refractivity contribution < 1.29 is 9.13 Å². The van der Waals surface area contributed by atoms with E-state index in [9.17, 15) is 4.39 Å². The summed E-state index contributed by atoms with van der Waals surface area (Å²) in [6, 6.07) is 16.5. The maximum Gasteiger partial charge on any atom is 0.150 e. The van der Waals surface area contributed by atoms with Crippen LogP contribution >= 0.6 is 11.6 Å². The standard InChI is InChI=1S/C25H21ClFNO/c1-14-13-25(2,3)28-20-10-9-18-19-12-16(26)6-11-21(19)29-24(23(18)22(14)20)15-4-7-17(27)8-5-15/h4-13,24,28H,1-3H3/t24-/m1/s1. The Labute approximate surface area is 175 Å². The average Bonchev–Trinajstić information content (AvgIpc) is 2.66. The largest absolute Gasteiger partial charge is 0.480 e. The molecule has 29 heavy (non-hydrogen) atoms. The molecule has 146 valence electrons. The highest BCUT2D eigenvalue weighted by molar-refractivity contribution is 6.31. The van der Waals surface area contributed by atoms with E-state index in [1.54, 1.807) is 12.1 Å². The topological polar surface area (TPSA) is 21.3 Å². The summed E-state index contributed by atoms with van der Waals surface area (Å²) >= 11 is 6.30. The summed E-state index contributed by atoms with van der Waals surface area (Å²) in [5, 5.41) is 4.28. The van der Waals surface area contributed by atoms with Crippen molar-refractivity contribution in [1.29, 1.82) is 0 Å². The summed E-state index contributed by atoms with van der Waals surface area (Å²) in [5.41, 5.74) is 7.36. The molecule has 0 radical (unpaired) electrons. The number of nitrogens with one attached hydrogen (secondary N) is 1. The Kier molecular flexibility index (Phi) is 4.01. The van der Waals surface area contributed by atoms with Crippen LogP contribution in [-0.2, 0) is 0 Å². The van der Waals surface area contributed by atoms with Crippen molar-refractivity contribution in [3.05, 3.63) is 88.2 Å². The molecule has 0 unspecified atom stereocenters. The van der Waals surface area contributed by atoms with Gasteiger partial charge in [0, 0.05) is 27.4 Å². The third-order valence-electron chi connectivity index (χ3n) is 5.59. The lowest BCUT2D eigenvalue weighted by molar-refractivity contribution is 0.243. The van der Waals surface area contributed by atoms with Crippen LogP contribution in [0.5, 0.6) is 5.75 Å². The van der Waals surface area contributed by atoms with E-state index in [-0.39, 0.29) is 17.5 Å². The van der Waals surface area contributed by atoms with Gasteiger partial charge in [-0.2, -0.15) is 0 Å². The number of halogens is 2. The van der Waals surface area contributed by atoms with Crippen LogP contribution in [0.25, 0.3) is 16.7 Å². The lowest BCUT2D eigenvalue weighted by atomic mass is 9.80. The summed E-state index contributed by atoms with van der Waals surface area (Å²) in [7, 11) is 0. The fourth-order valence-electron chi connectivity index (χ4n) is 4.53. The number of anilines is 1. The quantitative estimate of drug-likeness (QED) is 0.460. The first-order valence-corrected chi connectivity index (χ1v) is 10.1. The van der Waals surface area contributed by atoms with Crippen LogP contribution < -0.4 is 10.1 Å². The molecule has 3 aromatic rings.